The molecule has 0 saturated carbocycles. The van der Waals surface area contributed by atoms with Crippen molar-refractivity contribution in [2.45, 2.75) is 98.3 Å². The fraction of sp³-hybridized carbons (Fsp3) is 0.783. The zero-order chi connectivity index (χ0) is 23.2. The highest BCUT2D eigenvalue weighted by Crippen LogP contribution is 2.25. The van der Waals surface area contributed by atoms with Crippen molar-refractivity contribution < 1.29 is 19.5 Å². The normalized spacial score (nSPS) is 20.6. The lowest BCUT2D eigenvalue weighted by atomic mass is 9.85. The summed E-state index contributed by atoms with van der Waals surface area (Å²) in [7, 11) is 1.67. The highest BCUT2D eigenvalue weighted by Gasteiger charge is 2.39. The summed E-state index contributed by atoms with van der Waals surface area (Å²) in [4.78, 5) is 41.6. The Labute approximate surface area is 181 Å². The largest absolute Gasteiger partial charge is 0.478 e. The molecular weight excluding hydrogens is 382 g/mol. The summed E-state index contributed by atoms with van der Waals surface area (Å²) in [6.07, 6.45) is 5.07. The Morgan fingerprint density at radius 3 is 2.30 bits per heavy atom. The monoisotopic (exact) mass is 423 g/mol. The number of hydrogen-bond acceptors (Lipinski definition) is 4. The molecule has 0 aromatic heterocycles. The molecule has 1 fully saturated rings. The van der Waals surface area contributed by atoms with Crippen molar-refractivity contribution in [2.24, 2.45) is 5.41 Å². The third-order valence-corrected chi connectivity index (χ3v) is 5.95. The van der Waals surface area contributed by atoms with Gasteiger partial charge in [0.25, 0.3) is 0 Å². The Morgan fingerprint density at radius 1 is 1.23 bits per heavy atom. The number of rotatable bonds is 8. The van der Waals surface area contributed by atoms with Crippen molar-refractivity contribution in [3.8, 4) is 0 Å². The van der Waals surface area contributed by atoms with Crippen LogP contribution in [0.2, 0.25) is 0 Å². The van der Waals surface area contributed by atoms with Crippen LogP contribution in [0.3, 0.4) is 0 Å². The first kappa shape index (κ1) is 26.1. The lowest BCUT2D eigenvalue weighted by Crippen LogP contribution is -2.60. The van der Waals surface area contributed by atoms with E-state index in [0.717, 1.165) is 25.8 Å². The number of piperidine rings is 1. The first-order valence-corrected chi connectivity index (χ1v) is 11.1. The fourth-order valence-electron chi connectivity index (χ4n) is 3.97. The molecule has 0 radical (unpaired) electrons. The maximum absolute atomic E-state index is 13.4. The number of hydrogen-bond donors (Lipinski definition) is 2. The lowest BCUT2D eigenvalue weighted by Gasteiger charge is -2.40. The van der Waals surface area contributed by atoms with Gasteiger partial charge in [-0.25, -0.2) is 4.79 Å². The molecule has 30 heavy (non-hydrogen) atoms. The second-order valence-electron chi connectivity index (χ2n) is 9.73. The molecule has 1 aliphatic rings. The van der Waals surface area contributed by atoms with E-state index in [9.17, 15) is 19.5 Å². The molecular formula is C23H41N3O4. The van der Waals surface area contributed by atoms with E-state index in [0.29, 0.717) is 6.42 Å². The third kappa shape index (κ3) is 6.83. The average molecular weight is 424 g/mol. The van der Waals surface area contributed by atoms with E-state index in [2.05, 4.69) is 24.1 Å². The number of aliphatic carboxylic acids is 1. The molecule has 1 saturated heterocycles. The molecule has 2 amide bonds. The van der Waals surface area contributed by atoms with Gasteiger partial charge in [0.15, 0.2) is 0 Å². The second-order valence-corrected chi connectivity index (χ2v) is 9.73. The predicted molar refractivity (Wildman–Crippen MR) is 119 cm³/mol. The number of carbonyl (C=O) groups is 3. The smallest absolute Gasteiger partial charge is 0.331 e. The van der Waals surface area contributed by atoms with E-state index in [1.165, 1.54) is 6.92 Å². The van der Waals surface area contributed by atoms with Crippen LogP contribution in [0.4, 0.5) is 0 Å². The lowest BCUT2D eigenvalue weighted by molar-refractivity contribution is -0.141. The van der Waals surface area contributed by atoms with Crippen molar-refractivity contribution in [1.82, 2.24) is 15.1 Å². The second kappa shape index (κ2) is 10.9. The maximum Gasteiger partial charge on any atom is 0.331 e. The number of carbonyl (C=O) groups excluding carboxylic acids is 2. The van der Waals surface area contributed by atoms with Crippen LogP contribution in [-0.2, 0) is 14.4 Å². The molecule has 0 spiro atoms. The van der Waals surface area contributed by atoms with Crippen molar-refractivity contribution >= 4 is 17.8 Å². The summed E-state index contributed by atoms with van der Waals surface area (Å²) in [5, 5.41) is 12.2. The van der Waals surface area contributed by atoms with Crippen molar-refractivity contribution in [3.05, 3.63) is 11.6 Å². The van der Waals surface area contributed by atoms with Crippen LogP contribution in [0.15, 0.2) is 11.6 Å². The molecule has 1 aliphatic heterocycles. The SMILES string of the molecule is CC[C@@H](C=C(C)C(=O)O)N(C)C(=O)[C@@H](NC(=O)[C@H]1CCCCN1C(C)C)C(C)(C)C. The average Bonchev–Trinajstić information content (AvgIpc) is 2.67. The molecule has 1 heterocycles. The van der Waals surface area contributed by atoms with Crippen LogP contribution in [0.5, 0.6) is 0 Å². The van der Waals surface area contributed by atoms with Gasteiger partial charge in [-0.1, -0.05) is 40.2 Å². The van der Waals surface area contributed by atoms with Crippen LogP contribution in [0, 0.1) is 5.41 Å². The van der Waals surface area contributed by atoms with Gasteiger partial charge in [-0.05, 0) is 52.0 Å². The Hall–Kier alpha value is -1.89. The van der Waals surface area contributed by atoms with Crippen LogP contribution < -0.4 is 5.32 Å². The first-order chi connectivity index (χ1) is 13.8. The minimum absolute atomic E-state index is 0.101. The molecule has 0 bridgehead atoms. The molecule has 0 aromatic carbocycles. The van der Waals surface area contributed by atoms with E-state index < -0.39 is 17.4 Å². The zero-order valence-corrected chi connectivity index (χ0v) is 20.0. The van der Waals surface area contributed by atoms with Crippen LogP contribution >= 0.6 is 0 Å². The van der Waals surface area contributed by atoms with Crippen LogP contribution in [-0.4, -0.2) is 70.4 Å². The topological polar surface area (TPSA) is 90.0 Å². The van der Waals surface area contributed by atoms with Gasteiger partial charge < -0.3 is 15.3 Å². The van der Waals surface area contributed by atoms with Crippen LogP contribution in [0.25, 0.3) is 0 Å². The number of carboxylic acid groups (broad SMARTS) is 1. The molecule has 3 atom stereocenters. The van der Waals surface area contributed by atoms with Gasteiger partial charge in [-0.3, -0.25) is 14.5 Å². The molecule has 172 valence electrons. The summed E-state index contributed by atoms with van der Waals surface area (Å²) >= 11 is 0. The number of carboxylic acids is 1. The van der Waals surface area contributed by atoms with Gasteiger partial charge in [-0.2, -0.15) is 0 Å². The molecule has 2 N–H and O–H groups in total. The van der Waals surface area contributed by atoms with E-state index in [1.54, 1.807) is 18.0 Å². The van der Waals surface area contributed by atoms with E-state index in [4.69, 9.17) is 0 Å². The molecule has 0 aromatic rings. The number of likely N-dealkylation sites (N-methyl/N-ethyl adjacent to an activating group) is 1. The zero-order valence-electron chi connectivity index (χ0n) is 20.0. The van der Waals surface area contributed by atoms with Gasteiger partial charge in [0.05, 0.1) is 12.1 Å². The van der Waals surface area contributed by atoms with Crippen molar-refractivity contribution in [1.29, 1.82) is 0 Å². The summed E-state index contributed by atoms with van der Waals surface area (Å²) < 4.78 is 0. The van der Waals surface area contributed by atoms with Gasteiger partial charge in [0, 0.05) is 18.7 Å². The minimum atomic E-state index is -0.999. The third-order valence-electron chi connectivity index (χ3n) is 5.95. The fourth-order valence-corrected chi connectivity index (χ4v) is 3.97. The number of amides is 2. The Morgan fingerprint density at radius 2 is 1.83 bits per heavy atom. The Balaban J connectivity index is 3.08. The van der Waals surface area contributed by atoms with Crippen molar-refractivity contribution in [3.63, 3.8) is 0 Å². The van der Waals surface area contributed by atoms with Gasteiger partial charge in [-0.15, -0.1) is 0 Å². The molecule has 0 unspecified atom stereocenters. The van der Waals surface area contributed by atoms with Crippen LogP contribution in [0.1, 0.15) is 74.1 Å². The molecule has 7 nitrogen and oxygen atoms in total. The highest BCUT2D eigenvalue weighted by atomic mass is 16.4. The molecule has 0 aliphatic carbocycles. The van der Waals surface area contributed by atoms with Gasteiger partial charge in [0.1, 0.15) is 6.04 Å². The highest BCUT2D eigenvalue weighted by molar-refractivity contribution is 5.91. The van der Waals surface area contributed by atoms with E-state index in [-0.39, 0.29) is 35.5 Å². The first-order valence-electron chi connectivity index (χ1n) is 11.1. The number of likely N-dealkylation sites (tertiary alicyclic amines) is 1. The van der Waals surface area contributed by atoms with E-state index >= 15 is 0 Å². The summed E-state index contributed by atoms with van der Waals surface area (Å²) in [5.74, 6) is -1.31. The van der Waals surface area contributed by atoms with Crippen molar-refractivity contribution in [2.75, 3.05) is 13.6 Å². The summed E-state index contributed by atoms with van der Waals surface area (Å²) in [6.45, 7) is 14.3. The summed E-state index contributed by atoms with van der Waals surface area (Å²) in [5.41, 5.74) is -0.282. The molecule has 1 rings (SSSR count). The number of nitrogens with one attached hydrogen (secondary N) is 1. The molecule has 7 heteroatoms. The predicted octanol–water partition coefficient (Wildman–Crippen LogP) is 3.05. The summed E-state index contributed by atoms with van der Waals surface area (Å²) in [6, 6.07) is -1.00. The van der Waals surface area contributed by atoms with E-state index in [1.807, 2.05) is 27.7 Å². The Kier molecular flexibility index (Phi) is 9.53. The Bertz CT molecular complexity index is 651. The quantitative estimate of drug-likeness (QED) is 0.586. The number of nitrogens with zero attached hydrogens (tertiary/aromatic N) is 2. The maximum atomic E-state index is 13.4. The van der Waals surface area contributed by atoms with Gasteiger partial charge >= 0.3 is 5.97 Å². The minimum Gasteiger partial charge on any atom is -0.478 e. The van der Waals surface area contributed by atoms with Gasteiger partial charge in [0.2, 0.25) is 11.8 Å². The standard InChI is InChI=1S/C23H41N3O4/c1-9-17(14-16(4)22(29)30)25(8)21(28)19(23(5,6)7)24-20(27)18-12-10-11-13-26(18)15(2)3/h14-15,17-19H,9-13H2,1-8H3,(H,24,27)(H,29,30)/t17-,18+,19+/m0/s1.